The summed E-state index contributed by atoms with van der Waals surface area (Å²) >= 11 is 1.23. The molecule has 194 valence electrons. The first-order valence-electron chi connectivity index (χ1n) is 11.8. The number of aryl methyl sites for hydroxylation is 1. The standard InChI is InChI=1S/C26H25F4N5OS/c1-3-32-10-6-9-23(36)34-13-19(18-11-16(12-31)37-22(18)15-34)17-7-5-8-21(27)24(17)20-14-35(4-2)33-25(20)26(28,29)30/h5-9,11,14,19,32H,3-4,10,13,15H2,1-2H3/b9-6+/t19-/m0/s1. The van der Waals surface area contributed by atoms with Crippen molar-refractivity contribution in [3.8, 4) is 17.2 Å². The number of rotatable bonds is 7. The molecule has 1 aromatic carbocycles. The van der Waals surface area contributed by atoms with Crippen molar-refractivity contribution in [1.82, 2.24) is 20.0 Å². The van der Waals surface area contributed by atoms with Gasteiger partial charge in [0.25, 0.3) is 0 Å². The normalized spacial score (nSPS) is 15.7. The van der Waals surface area contributed by atoms with Crippen LogP contribution in [0.5, 0.6) is 0 Å². The number of fused-ring (bicyclic) bond motifs is 1. The quantitative estimate of drug-likeness (QED) is 0.255. The predicted octanol–water partition coefficient (Wildman–Crippen LogP) is 5.30. The van der Waals surface area contributed by atoms with Crippen molar-refractivity contribution in [2.75, 3.05) is 19.6 Å². The fraction of sp³-hybridized carbons (Fsp3) is 0.346. The summed E-state index contributed by atoms with van der Waals surface area (Å²) in [7, 11) is 0. The maximum atomic E-state index is 15.4. The number of thiophene rings is 1. The van der Waals surface area contributed by atoms with Crippen LogP contribution >= 0.6 is 11.3 Å². The molecule has 6 nitrogen and oxygen atoms in total. The van der Waals surface area contributed by atoms with Gasteiger partial charge in [-0.3, -0.25) is 9.48 Å². The fourth-order valence-electron chi connectivity index (χ4n) is 4.49. The lowest BCUT2D eigenvalue weighted by atomic mass is 9.83. The number of aromatic nitrogens is 2. The molecule has 3 heterocycles. The average molecular weight is 532 g/mol. The van der Waals surface area contributed by atoms with Crippen molar-refractivity contribution in [3.05, 3.63) is 75.0 Å². The first-order chi connectivity index (χ1) is 17.7. The molecule has 0 saturated carbocycles. The number of carbonyl (C=O) groups excluding carboxylic acids is 1. The minimum absolute atomic E-state index is 0.124. The monoisotopic (exact) mass is 531 g/mol. The zero-order valence-electron chi connectivity index (χ0n) is 20.3. The molecule has 1 atom stereocenters. The Balaban J connectivity index is 1.84. The van der Waals surface area contributed by atoms with Gasteiger partial charge in [0.1, 0.15) is 16.8 Å². The number of likely N-dealkylation sites (N-methyl/N-ethyl adjacent to an activating group) is 1. The second-order valence-corrected chi connectivity index (χ2v) is 9.67. The smallest absolute Gasteiger partial charge is 0.333 e. The molecule has 3 aromatic rings. The highest BCUT2D eigenvalue weighted by Gasteiger charge is 2.40. The molecular formula is C26H25F4N5OS. The highest BCUT2D eigenvalue weighted by molar-refractivity contribution is 7.12. The van der Waals surface area contributed by atoms with Crippen LogP contribution in [-0.2, 0) is 24.1 Å². The van der Waals surface area contributed by atoms with Crippen molar-refractivity contribution >= 4 is 17.2 Å². The Bertz CT molecular complexity index is 1370. The van der Waals surface area contributed by atoms with Gasteiger partial charge in [0.05, 0.1) is 6.54 Å². The number of nitriles is 1. The summed E-state index contributed by atoms with van der Waals surface area (Å²) in [5.74, 6) is -1.72. The number of hydrogen-bond donors (Lipinski definition) is 1. The van der Waals surface area contributed by atoms with Gasteiger partial charge in [-0.25, -0.2) is 4.39 Å². The summed E-state index contributed by atoms with van der Waals surface area (Å²) in [4.78, 5) is 15.7. The molecule has 0 bridgehead atoms. The Morgan fingerprint density at radius 1 is 1.32 bits per heavy atom. The number of halogens is 4. The number of benzene rings is 1. The number of nitrogens with one attached hydrogen (secondary N) is 1. The lowest BCUT2D eigenvalue weighted by molar-refractivity contribution is -0.141. The van der Waals surface area contributed by atoms with E-state index in [2.05, 4.69) is 16.5 Å². The second-order valence-electron chi connectivity index (χ2n) is 8.53. The Kier molecular flexibility index (Phi) is 7.80. The number of amides is 1. The van der Waals surface area contributed by atoms with Crippen LogP contribution in [0.1, 0.15) is 46.3 Å². The molecule has 0 fully saturated rings. The Morgan fingerprint density at radius 3 is 2.78 bits per heavy atom. The molecule has 4 rings (SSSR count). The van der Waals surface area contributed by atoms with Crippen LogP contribution < -0.4 is 5.32 Å². The first kappa shape index (κ1) is 26.6. The van der Waals surface area contributed by atoms with Gasteiger partial charge in [0.2, 0.25) is 5.91 Å². The van der Waals surface area contributed by atoms with Gasteiger partial charge in [-0.1, -0.05) is 25.1 Å². The molecular weight excluding hydrogens is 506 g/mol. The zero-order chi connectivity index (χ0) is 26.7. The van der Waals surface area contributed by atoms with Gasteiger partial charge in [-0.05, 0) is 36.7 Å². The Morgan fingerprint density at radius 2 is 2.11 bits per heavy atom. The maximum Gasteiger partial charge on any atom is 0.435 e. The van der Waals surface area contributed by atoms with E-state index in [-0.39, 0.29) is 36.7 Å². The third-order valence-corrected chi connectivity index (χ3v) is 7.23. The average Bonchev–Trinajstić information content (AvgIpc) is 3.50. The van der Waals surface area contributed by atoms with Gasteiger partial charge >= 0.3 is 6.18 Å². The Labute approximate surface area is 215 Å². The number of carbonyl (C=O) groups is 1. The molecule has 1 aliphatic heterocycles. The zero-order valence-corrected chi connectivity index (χ0v) is 21.1. The summed E-state index contributed by atoms with van der Waals surface area (Å²) in [5.41, 5.74) is -0.704. The third kappa shape index (κ3) is 5.45. The molecule has 0 aliphatic carbocycles. The van der Waals surface area contributed by atoms with Crippen molar-refractivity contribution in [2.45, 2.75) is 39.0 Å². The molecule has 2 aromatic heterocycles. The lowest BCUT2D eigenvalue weighted by Crippen LogP contribution is -2.37. The van der Waals surface area contributed by atoms with Crippen LogP contribution in [0.2, 0.25) is 0 Å². The van der Waals surface area contributed by atoms with E-state index in [4.69, 9.17) is 0 Å². The topological polar surface area (TPSA) is 74.0 Å². The second kappa shape index (κ2) is 10.9. The van der Waals surface area contributed by atoms with E-state index >= 15 is 4.39 Å². The molecule has 1 aliphatic rings. The summed E-state index contributed by atoms with van der Waals surface area (Å²) in [6.07, 6.45) is -0.436. The minimum Gasteiger partial charge on any atom is -0.333 e. The maximum absolute atomic E-state index is 15.4. The number of hydrogen-bond acceptors (Lipinski definition) is 5. The van der Waals surface area contributed by atoms with Crippen molar-refractivity contribution < 1.29 is 22.4 Å². The van der Waals surface area contributed by atoms with E-state index in [1.807, 2.05) is 6.92 Å². The summed E-state index contributed by atoms with van der Waals surface area (Å²) < 4.78 is 58.3. The SMILES string of the molecule is CCNC/C=C/C(=O)N1Cc2sc(C#N)cc2[C@H](c2cccc(F)c2-c2cn(CC)nc2C(F)(F)F)C1. The van der Waals surface area contributed by atoms with Crippen LogP contribution in [0.3, 0.4) is 0 Å². The number of nitrogens with zero attached hydrogens (tertiary/aromatic N) is 4. The van der Waals surface area contributed by atoms with Gasteiger partial charge in [0, 0.05) is 53.8 Å². The highest BCUT2D eigenvalue weighted by atomic mass is 32.1. The first-order valence-corrected chi connectivity index (χ1v) is 12.6. The minimum atomic E-state index is -4.79. The predicted molar refractivity (Wildman–Crippen MR) is 132 cm³/mol. The van der Waals surface area contributed by atoms with Crippen LogP contribution in [0.4, 0.5) is 17.6 Å². The van der Waals surface area contributed by atoms with Crippen LogP contribution in [0.25, 0.3) is 11.1 Å². The molecule has 1 amide bonds. The highest BCUT2D eigenvalue weighted by Crippen LogP contribution is 2.45. The Hall–Kier alpha value is -3.49. The number of alkyl halides is 3. The van der Waals surface area contributed by atoms with E-state index < -0.39 is 23.6 Å². The molecule has 1 N–H and O–H groups in total. The van der Waals surface area contributed by atoms with E-state index in [1.165, 1.54) is 29.7 Å². The van der Waals surface area contributed by atoms with Crippen molar-refractivity contribution in [2.24, 2.45) is 0 Å². The molecule has 37 heavy (non-hydrogen) atoms. The molecule has 0 radical (unpaired) electrons. The van der Waals surface area contributed by atoms with Crippen LogP contribution in [0, 0.1) is 17.1 Å². The third-order valence-electron chi connectivity index (χ3n) is 6.19. The summed E-state index contributed by atoms with van der Waals surface area (Å²) in [6, 6.07) is 7.93. The lowest BCUT2D eigenvalue weighted by Gasteiger charge is -2.33. The van der Waals surface area contributed by atoms with E-state index in [0.29, 0.717) is 22.5 Å². The van der Waals surface area contributed by atoms with Gasteiger partial charge in [-0.2, -0.15) is 23.5 Å². The van der Waals surface area contributed by atoms with Gasteiger partial charge in [-0.15, -0.1) is 11.3 Å². The summed E-state index contributed by atoms with van der Waals surface area (Å²) in [6.45, 7) is 5.41. The van der Waals surface area contributed by atoms with Gasteiger partial charge in [0.15, 0.2) is 5.69 Å². The molecule has 0 spiro atoms. The van der Waals surface area contributed by atoms with E-state index in [1.54, 1.807) is 30.0 Å². The molecule has 0 saturated heterocycles. The van der Waals surface area contributed by atoms with Crippen LogP contribution in [-0.4, -0.2) is 40.2 Å². The molecule has 0 unspecified atom stereocenters. The van der Waals surface area contributed by atoms with E-state index in [9.17, 15) is 23.2 Å². The van der Waals surface area contributed by atoms with Crippen molar-refractivity contribution in [3.63, 3.8) is 0 Å². The molecule has 11 heteroatoms. The van der Waals surface area contributed by atoms with Gasteiger partial charge < -0.3 is 10.2 Å². The van der Waals surface area contributed by atoms with Crippen molar-refractivity contribution in [1.29, 1.82) is 5.26 Å². The fourth-order valence-corrected chi connectivity index (χ4v) is 5.53. The largest absolute Gasteiger partial charge is 0.435 e. The van der Waals surface area contributed by atoms with E-state index in [0.717, 1.165) is 22.2 Å². The van der Waals surface area contributed by atoms with Crippen LogP contribution in [0.15, 0.2) is 42.6 Å². The summed E-state index contributed by atoms with van der Waals surface area (Å²) in [5, 5.41) is 16.2.